The maximum atomic E-state index is 5.61. The minimum absolute atomic E-state index is 0.358. The van der Waals surface area contributed by atoms with E-state index >= 15 is 0 Å². The maximum absolute atomic E-state index is 5.61. The summed E-state index contributed by atoms with van der Waals surface area (Å²) in [4.78, 5) is 6.82. The Morgan fingerprint density at radius 1 is 1.26 bits per heavy atom. The van der Waals surface area contributed by atoms with Gasteiger partial charge in [0.2, 0.25) is 0 Å². The first-order valence-electron chi connectivity index (χ1n) is 7.63. The second-order valence-corrected chi connectivity index (χ2v) is 5.39. The van der Waals surface area contributed by atoms with Crippen LogP contribution in [-0.4, -0.2) is 62.8 Å². The third-order valence-corrected chi connectivity index (χ3v) is 4.16. The highest BCUT2D eigenvalue weighted by atomic mass is 16.5. The fourth-order valence-electron chi connectivity index (χ4n) is 2.99. The van der Waals surface area contributed by atoms with E-state index in [0.29, 0.717) is 12.1 Å². The quantitative estimate of drug-likeness (QED) is 0.572. The maximum Gasteiger partial charge on any atom is 0.191 e. The molecule has 2 unspecified atom stereocenters. The standard InChI is InChI=1S/C14H28N4O/c1-3-18-8-4-6-12(18)10-16-14(15-2)17-11-13-7-5-9-19-13/h12-13H,3-11H2,1-2H3,(H2,15,16,17). The van der Waals surface area contributed by atoms with Gasteiger partial charge in [0, 0.05) is 32.8 Å². The van der Waals surface area contributed by atoms with Crippen LogP contribution in [0.25, 0.3) is 0 Å². The van der Waals surface area contributed by atoms with Crippen molar-refractivity contribution in [3.05, 3.63) is 0 Å². The highest BCUT2D eigenvalue weighted by Gasteiger charge is 2.23. The van der Waals surface area contributed by atoms with Crippen LogP contribution >= 0.6 is 0 Å². The van der Waals surface area contributed by atoms with Gasteiger partial charge in [0.25, 0.3) is 0 Å². The van der Waals surface area contributed by atoms with Crippen LogP contribution in [0.2, 0.25) is 0 Å². The molecule has 2 atom stereocenters. The fraction of sp³-hybridized carbons (Fsp3) is 0.929. The molecule has 0 spiro atoms. The number of guanidine groups is 1. The lowest BCUT2D eigenvalue weighted by atomic mass is 10.2. The first-order valence-corrected chi connectivity index (χ1v) is 7.63. The number of ether oxygens (including phenoxy) is 1. The van der Waals surface area contributed by atoms with Crippen molar-refractivity contribution in [2.24, 2.45) is 4.99 Å². The average Bonchev–Trinajstić information content (AvgIpc) is 3.09. The smallest absolute Gasteiger partial charge is 0.191 e. The van der Waals surface area contributed by atoms with E-state index in [1.54, 1.807) is 0 Å². The Morgan fingerprint density at radius 3 is 2.79 bits per heavy atom. The van der Waals surface area contributed by atoms with Gasteiger partial charge in [0.1, 0.15) is 0 Å². The van der Waals surface area contributed by atoms with Gasteiger partial charge in [-0.05, 0) is 38.8 Å². The van der Waals surface area contributed by atoms with Gasteiger partial charge < -0.3 is 15.4 Å². The van der Waals surface area contributed by atoms with E-state index in [1.807, 2.05) is 7.05 Å². The Bertz CT molecular complexity index is 289. The van der Waals surface area contributed by atoms with Gasteiger partial charge in [0.15, 0.2) is 5.96 Å². The Morgan fingerprint density at radius 2 is 2.11 bits per heavy atom. The lowest BCUT2D eigenvalue weighted by Crippen LogP contribution is -2.46. The van der Waals surface area contributed by atoms with E-state index in [0.717, 1.165) is 38.6 Å². The fourth-order valence-corrected chi connectivity index (χ4v) is 2.99. The van der Waals surface area contributed by atoms with Crippen molar-refractivity contribution in [1.29, 1.82) is 0 Å². The average molecular weight is 268 g/mol. The molecule has 0 bridgehead atoms. The van der Waals surface area contributed by atoms with Crippen LogP contribution in [0.1, 0.15) is 32.6 Å². The molecule has 2 fully saturated rings. The number of nitrogens with one attached hydrogen (secondary N) is 2. The van der Waals surface area contributed by atoms with Crippen LogP contribution < -0.4 is 10.6 Å². The molecule has 0 aliphatic carbocycles. The van der Waals surface area contributed by atoms with Crippen LogP contribution in [0.5, 0.6) is 0 Å². The summed E-state index contributed by atoms with van der Waals surface area (Å²) in [5.41, 5.74) is 0. The van der Waals surface area contributed by atoms with Crippen LogP contribution in [0.15, 0.2) is 4.99 Å². The molecule has 0 saturated carbocycles. The van der Waals surface area contributed by atoms with Gasteiger partial charge in [-0.3, -0.25) is 9.89 Å². The monoisotopic (exact) mass is 268 g/mol. The van der Waals surface area contributed by atoms with Crippen LogP contribution in [-0.2, 0) is 4.74 Å². The number of hydrogen-bond donors (Lipinski definition) is 2. The number of rotatable bonds is 5. The normalized spacial score (nSPS) is 28.8. The molecule has 2 heterocycles. The van der Waals surface area contributed by atoms with Crippen molar-refractivity contribution in [3.8, 4) is 0 Å². The van der Waals surface area contributed by atoms with E-state index in [9.17, 15) is 0 Å². The highest BCUT2D eigenvalue weighted by Crippen LogP contribution is 2.15. The highest BCUT2D eigenvalue weighted by molar-refractivity contribution is 5.79. The van der Waals surface area contributed by atoms with Crippen LogP contribution in [0.4, 0.5) is 0 Å². The molecule has 0 aromatic heterocycles. The van der Waals surface area contributed by atoms with Crippen molar-refractivity contribution in [1.82, 2.24) is 15.5 Å². The molecule has 0 aromatic carbocycles. The van der Waals surface area contributed by atoms with Gasteiger partial charge >= 0.3 is 0 Å². The van der Waals surface area contributed by atoms with E-state index in [-0.39, 0.29) is 0 Å². The predicted octanol–water partition coefficient (Wildman–Crippen LogP) is 0.815. The largest absolute Gasteiger partial charge is 0.376 e. The Balaban J connectivity index is 1.67. The minimum Gasteiger partial charge on any atom is -0.376 e. The molecule has 110 valence electrons. The lowest BCUT2D eigenvalue weighted by molar-refractivity contribution is 0.113. The lowest BCUT2D eigenvalue weighted by Gasteiger charge is -2.24. The third kappa shape index (κ3) is 4.35. The summed E-state index contributed by atoms with van der Waals surface area (Å²) >= 11 is 0. The van der Waals surface area contributed by atoms with Gasteiger partial charge in [-0.2, -0.15) is 0 Å². The summed E-state index contributed by atoms with van der Waals surface area (Å²) in [7, 11) is 1.83. The van der Waals surface area contributed by atoms with Crippen molar-refractivity contribution < 1.29 is 4.74 Å². The van der Waals surface area contributed by atoms with E-state index in [2.05, 4.69) is 27.4 Å². The molecule has 5 heteroatoms. The zero-order valence-electron chi connectivity index (χ0n) is 12.3. The summed E-state index contributed by atoms with van der Waals surface area (Å²) < 4.78 is 5.61. The number of likely N-dealkylation sites (N-methyl/N-ethyl adjacent to an activating group) is 1. The van der Waals surface area contributed by atoms with Crippen LogP contribution in [0, 0.1) is 0 Å². The van der Waals surface area contributed by atoms with Crippen molar-refractivity contribution in [2.45, 2.75) is 44.8 Å². The molecule has 0 aromatic rings. The third-order valence-electron chi connectivity index (χ3n) is 4.16. The minimum atomic E-state index is 0.358. The Hall–Kier alpha value is -0.810. The topological polar surface area (TPSA) is 48.9 Å². The van der Waals surface area contributed by atoms with Crippen molar-refractivity contribution >= 4 is 5.96 Å². The molecule has 5 nitrogen and oxygen atoms in total. The van der Waals surface area contributed by atoms with Gasteiger partial charge in [-0.25, -0.2) is 0 Å². The summed E-state index contributed by atoms with van der Waals surface area (Å²) in [5.74, 6) is 0.901. The molecule has 2 aliphatic rings. The Labute approximate surface area is 116 Å². The second kappa shape index (κ2) is 7.70. The summed E-state index contributed by atoms with van der Waals surface area (Å²) in [5, 5.41) is 6.80. The van der Waals surface area contributed by atoms with E-state index in [1.165, 1.54) is 25.8 Å². The zero-order valence-corrected chi connectivity index (χ0v) is 12.3. The molecular weight excluding hydrogens is 240 g/mol. The SMILES string of the molecule is CCN1CCCC1CNC(=NC)NCC1CCCO1. The van der Waals surface area contributed by atoms with E-state index < -0.39 is 0 Å². The Kier molecular flexibility index (Phi) is 5.92. The van der Waals surface area contributed by atoms with Crippen molar-refractivity contribution in [3.63, 3.8) is 0 Å². The summed E-state index contributed by atoms with van der Waals surface area (Å²) in [6, 6.07) is 0.659. The molecule has 0 amide bonds. The molecule has 2 aliphatic heterocycles. The molecule has 2 saturated heterocycles. The molecule has 2 N–H and O–H groups in total. The summed E-state index contributed by atoms with van der Waals surface area (Å²) in [6.07, 6.45) is 5.32. The number of aliphatic imine (C=N–C) groups is 1. The number of likely N-dealkylation sites (tertiary alicyclic amines) is 1. The molecule has 0 radical (unpaired) electrons. The van der Waals surface area contributed by atoms with Crippen LogP contribution in [0.3, 0.4) is 0 Å². The zero-order chi connectivity index (χ0) is 13.5. The van der Waals surface area contributed by atoms with Gasteiger partial charge in [0.05, 0.1) is 6.10 Å². The van der Waals surface area contributed by atoms with Gasteiger partial charge in [-0.1, -0.05) is 6.92 Å². The second-order valence-electron chi connectivity index (χ2n) is 5.39. The first-order chi connectivity index (χ1) is 9.33. The number of hydrogen-bond acceptors (Lipinski definition) is 3. The molecular formula is C14H28N4O. The first kappa shape index (κ1) is 14.6. The predicted molar refractivity (Wildman–Crippen MR) is 78.6 cm³/mol. The number of nitrogens with zero attached hydrogens (tertiary/aromatic N) is 2. The molecule has 2 rings (SSSR count). The molecule has 19 heavy (non-hydrogen) atoms. The van der Waals surface area contributed by atoms with Crippen molar-refractivity contribution in [2.75, 3.05) is 39.8 Å². The summed E-state index contributed by atoms with van der Waals surface area (Å²) in [6.45, 7) is 7.38. The van der Waals surface area contributed by atoms with E-state index in [4.69, 9.17) is 4.74 Å². The van der Waals surface area contributed by atoms with Gasteiger partial charge in [-0.15, -0.1) is 0 Å².